The fourth-order valence-electron chi connectivity index (χ4n) is 2.20. The van der Waals surface area contributed by atoms with E-state index < -0.39 is 19.5 Å². The molecule has 0 radical (unpaired) electrons. The van der Waals surface area contributed by atoms with Crippen molar-refractivity contribution in [2.45, 2.75) is 38.9 Å². The van der Waals surface area contributed by atoms with E-state index in [1.54, 1.807) is 26.0 Å². The summed E-state index contributed by atoms with van der Waals surface area (Å²) in [7, 11) is -3.78. The third-order valence-electron chi connectivity index (χ3n) is 3.45. The summed E-state index contributed by atoms with van der Waals surface area (Å²) in [5.41, 5.74) is 1.01. The summed E-state index contributed by atoms with van der Waals surface area (Å²) in [6.45, 7) is 6.08. The molecular formula is C16H27ClNO5P. The van der Waals surface area contributed by atoms with Crippen LogP contribution in [-0.2, 0) is 14.0 Å². The van der Waals surface area contributed by atoms with E-state index >= 15 is 0 Å². The highest BCUT2D eigenvalue weighted by Crippen LogP contribution is 2.47. The summed E-state index contributed by atoms with van der Waals surface area (Å²) < 4.78 is 22.7. The average Bonchev–Trinajstić information content (AvgIpc) is 2.52. The van der Waals surface area contributed by atoms with Gasteiger partial charge >= 0.3 is 0 Å². The van der Waals surface area contributed by atoms with Crippen molar-refractivity contribution in [3.8, 4) is 0 Å². The van der Waals surface area contributed by atoms with E-state index in [1.807, 2.05) is 19.1 Å². The van der Waals surface area contributed by atoms with Gasteiger partial charge in [0, 0.05) is 30.8 Å². The molecule has 0 aromatic heterocycles. The largest absolute Gasteiger partial charge is 0.391 e. The molecule has 138 valence electrons. The predicted molar refractivity (Wildman–Crippen MR) is 95.6 cm³/mol. The highest BCUT2D eigenvalue weighted by Gasteiger charge is 2.34. The van der Waals surface area contributed by atoms with Crippen LogP contribution in [0.3, 0.4) is 0 Å². The molecule has 8 heteroatoms. The summed E-state index contributed by atoms with van der Waals surface area (Å²) in [6, 6.07) is 6.15. The fraction of sp³-hybridized carbons (Fsp3) is 0.625. The molecule has 0 bridgehead atoms. The van der Waals surface area contributed by atoms with Gasteiger partial charge in [-0.05, 0) is 38.5 Å². The van der Waals surface area contributed by atoms with Crippen molar-refractivity contribution in [3.63, 3.8) is 0 Å². The van der Waals surface area contributed by atoms with Crippen LogP contribution in [0.1, 0.15) is 32.4 Å². The second-order valence-corrected chi connectivity index (χ2v) is 8.23. The van der Waals surface area contributed by atoms with Gasteiger partial charge in [0.25, 0.3) is 7.37 Å². The van der Waals surface area contributed by atoms with E-state index in [2.05, 4.69) is 5.32 Å². The quantitative estimate of drug-likeness (QED) is 0.404. The minimum absolute atomic E-state index is 0.0235. The Labute approximate surface area is 148 Å². The number of hydrogen-bond donors (Lipinski definition) is 3. The Morgan fingerprint density at radius 3 is 2.25 bits per heavy atom. The average molecular weight is 380 g/mol. The Bertz CT molecular complexity index is 522. The van der Waals surface area contributed by atoms with Gasteiger partial charge in [-0.15, -0.1) is 0 Å². The standard InChI is InChI=1S/C16H27ClNO5P/c1-4-22-16(23-5-2)24(20,21)11-15(19)10-18-12(3)13-6-8-14(17)9-7-13/h6-9,12,15-16,18-19H,4-5,10-11H2,1-3H3,(H,20,21). The lowest BCUT2D eigenvalue weighted by atomic mass is 10.1. The smallest absolute Gasteiger partial charge is 0.257 e. The SMILES string of the molecule is CCOC(OCC)P(=O)(O)CC(O)CNC(C)c1ccc(Cl)cc1. The van der Waals surface area contributed by atoms with Crippen LogP contribution in [0.2, 0.25) is 5.02 Å². The van der Waals surface area contributed by atoms with Crippen LogP contribution < -0.4 is 5.32 Å². The van der Waals surface area contributed by atoms with Gasteiger partial charge in [-0.1, -0.05) is 23.7 Å². The maximum absolute atomic E-state index is 12.4. The summed E-state index contributed by atoms with van der Waals surface area (Å²) in [5, 5.41) is 13.9. The molecule has 0 saturated carbocycles. The zero-order valence-electron chi connectivity index (χ0n) is 14.3. The monoisotopic (exact) mass is 379 g/mol. The number of benzene rings is 1. The summed E-state index contributed by atoms with van der Waals surface area (Å²) in [6.07, 6.45) is -1.28. The second-order valence-electron chi connectivity index (χ2n) is 5.49. The highest BCUT2D eigenvalue weighted by molar-refractivity contribution is 7.58. The molecular weight excluding hydrogens is 353 g/mol. The first-order chi connectivity index (χ1) is 11.3. The first-order valence-corrected chi connectivity index (χ1v) is 10.3. The van der Waals surface area contributed by atoms with Crippen LogP contribution in [0.5, 0.6) is 0 Å². The van der Waals surface area contributed by atoms with Gasteiger partial charge in [0.1, 0.15) is 0 Å². The Balaban J connectivity index is 2.53. The van der Waals surface area contributed by atoms with Gasteiger partial charge in [0.15, 0.2) is 0 Å². The van der Waals surface area contributed by atoms with E-state index in [4.69, 9.17) is 21.1 Å². The molecule has 6 nitrogen and oxygen atoms in total. The predicted octanol–water partition coefficient (Wildman–Crippen LogP) is 2.98. The van der Waals surface area contributed by atoms with E-state index in [0.717, 1.165) is 5.56 Å². The van der Waals surface area contributed by atoms with Crippen LogP contribution in [0, 0.1) is 0 Å². The third-order valence-corrected chi connectivity index (χ3v) is 5.60. The van der Waals surface area contributed by atoms with E-state index in [1.165, 1.54) is 0 Å². The van der Waals surface area contributed by atoms with Gasteiger partial charge in [0.05, 0.1) is 12.3 Å². The van der Waals surface area contributed by atoms with Crippen LogP contribution in [-0.4, -0.2) is 48.1 Å². The number of nitrogens with one attached hydrogen (secondary N) is 1. The van der Waals surface area contributed by atoms with Crippen molar-refractivity contribution >= 4 is 19.0 Å². The fourth-order valence-corrected chi connectivity index (χ4v) is 4.00. The van der Waals surface area contributed by atoms with Gasteiger partial charge in [-0.3, -0.25) is 4.57 Å². The van der Waals surface area contributed by atoms with Gasteiger partial charge in [0.2, 0.25) is 6.03 Å². The molecule has 0 aliphatic rings. The lowest BCUT2D eigenvalue weighted by molar-refractivity contribution is -0.0876. The number of ether oxygens (including phenoxy) is 2. The second kappa shape index (κ2) is 10.5. The molecule has 0 fully saturated rings. The van der Waals surface area contributed by atoms with Crippen molar-refractivity contribution in [2.75, 3.05) is 25.9 Å². The first kappa shape index (κ1) is 21.6. The zero-order chi connectivity index (χ0) is 18.2. The first-order valence-electron chi connectivity index (χ1n) is 8.01. The maximum Gasteiger partial charge on any atom is 0.257 e. The van der Waals surface area contributed by atoms with E-state index in [9.17, 15) is 14.6 Å². The molecule has 3 unspecified atom stereocenters. The number of aliphatic hydroxyl groups is 1. The van der Waals surface area contributed by atoms with Crippen LogP contribution >= 0.6 is 19.0 Å². The molecule has 0 amide bonds. The summed E-state index contributed by atoms with van der Waals surface area (Å²) >= 11 is 5.85. The maximum atomic E-state index is 12.4. The van der Waals surface area contributed by atoms with Crippen LogP contribution in [0.4, 0.5) is 0 Å². The van der Waals surface area contributed by atoms with Crippen molar-refractivity contribution in [1.29, 1.82) is 0 Å². The van der Waals surface area contributed by atoms with Crippen molar-refractivity contribution in [1.82, 2.24) is 5.32 Å². The molecule has 1 aromatic carbocycles. The molecule has 24 heavy (non-hydrogen) atoms. The summed E-state index contributed by atoms with van der Waals surface area (Å²) in [5.74, 6) is 0. The Hall–Kier alpha value is -0.460. The van der Waals surface area contributed by atoms with Crippen molar-refractivity contribution in [3.05, 3.63) is 34.9 Å². The Morgan fingerprint density at radius 1 is 1.21 bits per heavy atom. The lowest BCUT2D eigenvalue weighted by Crippen LogP contribution is -2.33. The number of rotatable bonds is 11. The zero-order valence-corrected chi connectivity index (χ0v) is 16.0. The minimum Gasteiger partial charge on any atom is -0.391 e. The summed E-state index contributed by atoms with van der Waals surface area (Å²) in [4.78, 5) is 10.1. The molecule has 0 saturated heterocycles. The molecule has 3 N–H and O–H groups in total. The van der Waals surface area contributed by atoms with Crippen LogP contribution in [0.15, 0.2) is 24.3 Å². The Morgan fingerprint density at radius 2 is 1.75 bits per heavy atom. The van der Waals surface area contributed by atoms with Gasteiger partial charge < -0.3 is 24.8 Å². The molecule has 1 rings (SSSR count). The normalized spacial score (nSPS) is 16.8. The highest BCUT2D eigenvalue weighted by atomic mass is 35.5. The third kappa shape index (κ3) is 7.19. The molecule has 0 aliphatic heterocycles. The van der Waals surface area contributed by atoms with Crippen molar-refractivity contribution in [2.24, 2.45) is 0 Å². The lowest BCUT2D eigenvalue weighted by Gasteiger charge is -2.25. The van der Waals surface area contributed by atoms with Gasteiger partial charge in [-0.2, -0.15) is 0 Å². The van der Waals surface area contributed by atoms with Gasteiger partial charge in [-0.25, -0.2) is 0 Å². The van der Waals surface area contributed by atoms with Crippen LogP contribution in [0.25, 0.3) is 0 Å². The topological polar surface area (TPSA) is 88.0 Å². The Kier molecular flexibility index (Phi) is 9.45. The molecule has 3 atom stereocenters. The molecule has 0 spiro atoms. The molecule has 0 heterocycles. The molecule has 0 aliphatic carbocycles. The van der Waals surface area contributed by atoms with E-state index in [0.29, 0.717) is 5.02 Å². The number of halogens is 1. The number of hydrogen-bond acceptors (Lipinski definition) is 5. The van der Waals surface area contributed by atoms with E-state index in [-0.39, 0.29) is 32.0 Å². The van der Waals surface area contributed by atoms with Crippen molar-refractivity contribution < 1.29 is 24.0 Å². The number of aliphatic hydroxyl groups excluding tert-OH is 1. The minimum atomic E-state index is -3.78. The molecule has 1 aromatic rings.